The summed E-state index contributed by atoms with van der Waals surface area (Å²) in [5.41, 5.74) is 4.57. The SMILES string of the molecule is Cc1noc(C)c1COc1cccc(C(=O)NCc2ccc(CN3CCC(O)CC3)cc2)c1. The summed E-state index contributed by atoms with van der Waals surface area (Å²) in [6.45, 7) is 7.29. The molecule has 1 saturated heterocycles. The van der Waals surface area contributed by atoms with E-state index in [1.807, 2.05) is 26.0 Å². The number of carbonyl (C=O) groups excluding carboxylic acids is 1. The fourth-order valence-electron chi connectivity index (χ4n) is 3.97. The van der Waals surface area contributed by atoms with Crippen molar-refractivity contribution in [2.45, 2.75) is 52.5 Å². The molecule has 0 atom stereocenters. The molecule has 1 aromatic heterocycles. The Kier molecular flexibility index (Phi) is 7.42. The molecule has 2 heterocycles. The first-order valence-corrected chi connectivity index (χ1v) is 11.4. The van der Waals surface area contributed by atoms with Gasteiger partial charge in [-0.25, -0.2) is 0 Å². The zero-order chi connectivity index (χ0) is 23.2. The van der Waals surface area contributed by atoms with Crippen molar-refractivity contribution >= 4 is 5.91 Å². The van der Waals surface area contributed by atoms with Gasteiger partial charge in [-0.3, -0.25) is 9.69 Å². The molecule has 0 saturated carbocycles. The Morgan fingerprint density at radius 2 is 1.88 bits per heavy atom. The van der Waals surface area contributed by atoms with Crippen molar-refractivity contribution < 1.29 is 19.2 Å². The Morgan fingerprint density at radius 3 is 2.58 bits per heavy atom. The molecule has 2 N–H and O–H groups in total. The normalized spacial score (nSPS) is 14.9. The first-order valence-electron chi connectivity index (χ1n) is 11.4. The lowest BCUT2D eigenvalue weighted by molar-refractivity contribution is 0.0792. The number of hydrogen-bond acceptors (Lipinski definition) is 6. The molecule has 0 bridgehead atoms. The van der Waals surface area contributed by atoms with Crippen LogP contribution in [0.5, 0.6) is 5.75 Å². The van der Waals surface area contributed by atoms with Crippen LogP contribution in [-0.4, -0.2) is 40.3 Å². The monoisotopic (exact) mass is 449 g/mol. The molecule has 3 aromatic rings. The average molecular weight is 450 g/mol. The Hall–Kier alpha value is -3.16. The van der Waals surface area contributed by atoms with Crippen LogP contribution in [0.3, 0.4) is 0 Å². The van der Waals surface area contributed by atoms with Crippen molar-refractivity contribution in [3.8, 4) is 5.75 Å². The van der Waals surface area contributed by atoms with E-state index in [-0.39, 0.29) is 12.0 Å². The highest BCUT2D eigenvalue weighted by Gasteiger charge is 2.17. The smallest absolute Gasteiger partial charge is 0.251 e. The van der Waals surface area contributed by atoms with Gasteiger partial charge >= 0.3 is 0 Å². The molecule has 0 unspecified atom stereocenters. The van der Waals surface area contributed by atoms with Gasteiger partial charge in [0.15, 0.2) is 0 Å². The largest absolute Gasteiger partial charge is 0.489 e. The predicted octanol–water partition coefficient (Wildman–Crippen LogP) is 3.76. The van der Waals surface area contributed by atoms with Crippen LogP contribution in [0.4, 0.5) is 0 Å². The minimum atomic E-state index is -0.151. The molecule has 4 rings (SSSR count). The quantitative estimate of drug-likeness (QED) is 0.545. The van der Waals surface area contributed by atoms with Crippen LogP contribution < -0.4 is 10.1 Å². The summed E-state index contributed by atoms with van der Waals surface area (Å²) in [5, 5.41) is 16.6. The lowest BCUT2D eigenvalue weighted by Crippen LogP contribution is -2.35. The predicted molar refractivity (Wildman–Crippen MR) is 125 cm³/mol. The van der Waals surface area contributed by atoms with Gasteiger partial charge < -0.3 is 19.7 Å². The zero-order valence-electron chi connectivity index (χ0n) is 19.2. The summed E-state index contributed by atoms with van der Waals surface area (Å²) in [5.74, 6) is 1.22. The van der Waals surface area contributed by atoms with Crippen molar-refractivity contribution in [3.05, 3.63) is 82.2 Å². The van der Waals surface area contributed by atoms with E-state index in [9.17, 15) is 9.90 Å². The van der Waals surface area contributed by atoms with Gasteiger partial charge in [0, 0.05) is 31.7 Å². The first kappa shape index (κ1) is 23.0. The van der Waals surface area contributed by atoms with Gasteiger partial charge in [-0.05, 0) is 56.0 Å². The summed E-state index contributed by atoms with van der Waals surface area (Å²) in [7, 11) is 0. The number of benzene rings is 2. The minimum Gasteiger partial charge on any atom is -0.489 e. The van der Waals surface area contributed by atoms with Crippen LogP contribution in [0, 0.1) is 13.8 Å². The maximum Gasteiger partial charge on any atom is 0.251 e. The van der Waals surface area contributed by atoms with Crippen molar-refractivity contribution in [1.29, 1.82) is 0 Å². The second-order valence-electron chi connectivity index (χ2n) is 8.63. The van der Waals surface area contributed by atoms with Crippen LogP contribution in [0.1, 0.15) is 51.3 Å². The van der Waals surface area contributed by atoms with E-state index in [2.05, 4.69) is 39.6 Å². The topological polar surface area (TPSA) is 87.8 Å². The molecule has 1 amide bonds. The number of nitrogens with one attached hydrogen (secondary N) is 1. The number of aryl methyl sites for hydroxylation is 2. The second-order valence-corrected chi connectivity index (χ2v) is 8.63. The molecule has 174 valence electrons. The highest BCUT2D eigenvalue weighted by molar-refractivity contribution is 5.94. The number of rotatable bonds is 8. The Bertz CT molecular complexity index is 1050. The number of ether oxygens (including phenoxy) is 1. The molecule has 7 nitrogen and oxygen atoms in total. The Balaban J connectivity index is 1.27. The Labute approximate surface area is 194 Å². The van der Waals surface area contributed by atoms with Crippen molar-refractivity contribution in [2.24, 2.45) is 0 Å². The molecule has 1 fully saturated rings. The maximum atomic E-state index is 12.6. The van der Waals surface area contributed by atoms with E-state index in [1.165, 1.54) is 5.56 Å². The fraction of sp³-hybridized carbons (Fsp3) is 0.385. The lowest BCUT2D eigenvalue weighted by Gasteiger charge is -2.29. The van der Waals surface area contributed by atoms with E-state index in [0.29, 0.717) is 24.5 Å². The average Bonchev–Trinajstić information content (AvgIpc) is 3.15. The van der Waals surface area contributed by atoms with Gasteiger partial charge in [-0.15, -0.1) is 0 Å². The van der Waals surface area contributed by atoms with Crippen LogP contribution in [0.15, 0.2) is 53.1 Å². The van der Waals surface area contributed by atoms with E-state index >= 15 is 0 Å². The van der Waals surface area contributed by atoms with Gasteiger partial charge in [0.05, 0.1) is 17.4 Å². The van der Waals surface area contributed by atoms with Crippen molar-refractivity contribution in [2.75, 3.05) is 13.1 Å². The van der Waals surface area contributed by atoms with Crippen molar-refractivity contribution in [1.82, 2.24) is 15.4 Å². The third kappa shape index (κ3) is 6.21. The summed E-state index contributed by atoms with van der Waals surface area (Å²) in [6, 6.07) is 15.5. The van der Waals surface area contributed by atoms with Gasteiger partial charge in [0.2, 0.25) is 0 Å². The molecule has 0 aliphatic carbocycles. The standard InChI is InChI=1S/C26H31N3O4/c1-18-25(19(2)33-28-18)17-32-24-5-3-4-22(14-24)26(31)27-15-20-6-8-21(9-7-20)16-29-12-10-23(30)11-13-29/h3-9,14,23,30H,10-13,15-17H2,1-2H3,(H,27,31). The number of likely N-dealkylation sites (tertiary alicyclic amines) is 1. The number of aliphatic hydroxyl groups is 1. The number of amides is 1. The molecule has 33 heavy (non-hydrogen) atoms. The number of aliphatic hydroxyl groups excluding tert-OH is 1. The summed E-state index contributed by atoms with van der Waals surface area (Å²) in [4.78, 5) is 15.0. The number of hydrogen-bond donors (Lipinski definition) is 2. The minimum absolute atomic E-state index is 0.145. The molecule has 1 aliphatic heterocycles. The lowest BCUT2D eigenvalue weighted by atomic mass is 10.1. The molecule has 2 aromatic carbocycles. The number of piperidine rings is 1. The number of aromatic nitrogens is 1. The summed E-state index contributed by atoms with van der Waals surface area (Å²) < 4.78 is 11.0. The van der Waals surface area contributed by atoms with Crippen LogP contribution in [0.2, 0.25) is 0 Å². The van der Waals surface area contributed by atoms with Gasteiger partial charge in [-0.2, -0.15) is 0 Å². The van der Waals surface area contributed by atoms with Gasteiger partial charge in [0.25, 0.3) is 5.91 Å². The number of nitrogens with zero attached hydrogens (tertiary/aromatic N) is 2. The third-order valence-electron chi connectivity index (χ3n) is 6.10. The summed E-state index contributed by atoms with van der Waals surface area (Å²) >= 11 is 0. The van der Waals surface area contributed by atoms with Crippen molar-refractivity contribution in [3.63, 3.8) is 0 Å². The Morgan fingerprint density at radius 1 is 1.15 bits per heavy atom. The maximum absolute atomic E-state index is 12.6. The molecule has 0 spiro atoms. The van der Waals surface area contributed by atoms with Crippen LogP contribution >= 0.6 is 0 Å². The highest BCUT2D eigenvalue weighted by Crippen LogP contribution is 2.19. The third-order valence-corrected chi connectivity index (χ3v) is 6.10. The number of carbonyl (C=O) groups is 1. The zero-order valence-corrected chi connectivity index (χ0v) is 19.2. The van der Waals surface area contributed by atoms with Gasteiger partial charge in [-0.1, -0.05) is 35.5 Å². The van der Waals surface area contributed by atoms with E-state index in [0.717, 1.165) is 55.1 Å². The molecule has 0 radical (unpaired) electrons. The van der Waals surface area contributed by atoms with Crippen LogP contribution in [0.25, 0.3) is 0 Å². The van der Waals surface area contributed by atoms with Gasteiger partial charge in [0.1, 0.15) is 18.1 Å². The van der Waals surface area contributed by atoms with E-state index in [1.54, 1.807) is 12.1 Å². The van der Waals surface area contributed by atoms with E-state index < -0.39 is 0 Å². The highest BCUT2D eigenvalue weighted by atomic mass is 16.5. The first-order chi connectivity index (χ1) is 16.0. The van der Waals surface area contributed by atoms with Crippen LogP contribution in [-0.2, 0) is 19.7 Å². The molecular formula is C26H31N3O4. The van der Waals surface area contributed by atoms with E-state index in [4.69, 9.17) is 9.26 Å². The fourth-order valence-corrected chi connectivity index (χ4v) is 3.97. The molecule has 7 heteroatoms. The molecular weight excluding hydrogens is 418 g/mol. The second kappa shape index (κ2) is 10.6. The summed E-state index contributed by atoms with van der Waals surface area (Å²) in [6.07, 6.45) is 1.54. The molecule has 1 aliphatic rings.